The van der Waals surface area contributed by atoms with Crippen LogP contribution in [0.25, 0.3) is 16.8 Å². The Hall–Kier alpha value is -4.19. The standard InChI is InChI=1S/C23H20F3N7O2/c24-23(25,26)16-5-6-28-17(13-16)30-21(34)15-3-1-14(2-4-15)18-19-20(27)29-7-8-33(19)22(31-18)32-9-11-35-12-10-32/h1-8,13H,9-12H2,(H2,27,29)(H,28,30,34). The predicted octanol–water partition coefficient (Wildman–Crippen LogP) is 3.48. The second-order valence-electron chi connectivity index (χ2n) is 7.85. The second kappa shape index (κ2) is 8.87. The van der Waals surface area contributed by atoms with Crippen LogP contribution in [0.4, 0.5) is 30.8 Å². The highest BCUT2D eigenvalue weighted by atomic mass is 19.4. The number of imidazole rings is 1. The molecular weight excluding hydrogens is 463 g/mol. The number of alkyl halides is 3. The molecule has 3 N–H and O–H groups in total. The molecule has 5 rings (SSSR count). The van der Waals surface area contributed by atoms with E-state index in [1.165, 1.54) is 0 Å². The molecule has 180 valence electrons. The van der Waals surface area contributed by atoms with Gasteiger partial charge in [-0.05, 0) is 24.3 Å². The molecule has 1 aliphatic rings. The fraction of sp³-hybridized carbons (Fsp3) is 0.217. The van der Waals surface area contributed by atoms with Crippen LogP contribution in [0, 0.1) is 0 Å². The summed E-state index contributed by atoms with van der Waals surface area (Å²) < 4.78 is 46.1. The van der Waals surface area contributed by atoms with Crippen LogP contribution in [0.2, 0.25) is 0 Å². The van der Waals surface area contributed by atoms with Crippen LogP contribution >= 0.6 is 0 Å². The minimum Gasteiger partial charge on any atom is -0.382 e. The van der Waals surface area contributed by atoms with E-state index in [-0.39, 0.29) is 11.4 Å². The van der Waals surface area contributed by atoms with Crippen LogP contribution in [0.5, 0.6) is 0 Å². The van der Waals surface area contributed by atoms with Crippen molar-refractivity contribution in [1.29, 1.82) is 0 Å². The van der Waals surface area contributed by atoms with Gasteiger partial charge in [0.1, 0.15) is 22.8 Å². The monoisotopic (exact) mass is 483 g/mol. The molecule has 4 heterocycles. The van der Waals surface area contributed by atoms with Gasteiger partial charge in [0.05, 0.1) is 18.8 Å². The number of fused-ring (bicyclic) bond motifs is 1. The molecule has 35 heavy (non-hydrogen) atoms. The molecule has 0 radical (unpaired) electrons. The summed E-state index contributed by atoms with van der Waals surface area (Å²) in [5, 5.41) is 2.40. The zero-order valence-corrected chi connectivity index (χ0v) is 18.3. The van der Waals surface area contributed by atoms with Crippen molar-refractivity contribution in [3.8, 4) is 11.3 Å². The molecule has 12 heteroatoms. The minimum atomic E-state index is -4.53. The Bertz CT molecular complexity index is 1380. The zero-order valence-electron chi connectivity index (χ0n) is 18.3. The number of hydrogen-bond acceptors (Lipinski definition) is 7. The Labute approximate surface area is 197 Å². The number of ether oxygens (including phenoxy) is 1. The summed E-state index contributed by atoms with van der Waals surface area (Å²) >= 11 is 0. The predicted molar refractivity (Wildman–Crippen MR) is 123 cm³/mol. The number of nitrogens with zero attached hydrogens (tertiary/aromatic N) is 5. The van der Waals surface area contributed by atoms with Crippen LogP contribution in [0.15, 0.2) is 55.0 Å². The van der Waals surface area contributed by atoms with E-state index in [1.807, 2.05) is 4.40 Å². The van der Waals surface area contributed by atoms with E-state index < -0.39 is 17.6 Å². The number of hydrogen-bond donors (Lipinski definition) is 2. The van der Waals surface area contributed by atoms with Gasteiger partial charge in [0.2, 0.25) is 5.95 Å². The number of aromatic nitrogens is 4. The van der Waals surface area contributed by atoms with Crippen LogP contribution < -0.4 is 16.0 Å². The van der Waals surface area contributed by atoms with Gasteiger partial charge in [-0.2, -0.15) is 13.2 Å². The van der Waals surface area contributed by atoms with Gasteiger partial charge in [0.25, 0.3) is 5.91 Å². The molecule has 3 aromatic heterocycles. The number of carbonyl (C=O) groups is 1. The molecule has 0 aliphatic carbocycles. The third-order valence-electron chi connectivity index (χ3n) is 5.61. The Morgan fingerprint density at radius 1 is 1.06 bits per heavy atom. The molecule has 1 fully saturated rings. The lowest BCUT2D eigenvalue weighted by Gasteiger charge is -2.27. The fourth-order valence-electron chi connectivity index (χ4n) is 3.88. The first-order valence-corrected chi connectivity index (χ1v) is 10.7. The molecule has 0 saturated carbocycles. The van der Waals surface area contributed by atoms with Gasteiger partial charge < -0.3 is 20.7 Å². The van der Waals surface area contributed by atoms with E-state index in [0.29, 0.717) is 54.8 Å². The van der Waals surface area contributed by atoms with E-state index in [2.05, 4.69) is 20.2 Å². The largest absolute Gasteiger partial charge is 0.416 e. The quantitative estimate of drug-likeness (QED) is 0.457. The Balaban J connectivity index is 1.43. The lowest BCUT2D eigenvalue weighted by Crippen LogP contribution is -2.37. The first-order chi connectivity index (χ1) is 16.8. The number of rotatable bonds is 4. The SMILES string of the molecule is Nc1nccn2c(N3CCOCC3)nc(-c3ccc(C(=O)Nc4cc(C(F)(F)F)ccn4)cc3)c12. The first kappa shape index (κ1) is 22.6. The number of amides is 1. The lowest BCUT2D eigenvalue weighted by atomic mass is 10.1. The van der Waals surface area contributed by atoms with Gasteiger partial charge in [-0.3, -0.25) is 9.20 Å². The number of nitrogens with two attached hydrogens (primary N) is 1. The number of halogens is 3. The highest BCUT2D eigenvalue weighted by Crippen LogP contribution is 2.32. The van der Waals surface area contributed by atoms with Crippen molar-refractivity contribution in [2.75, 3.05) is 42.3 Å². The van der Waals surface area contributed by atoms with Crippen molar-refractivity contribution >= 4 is 29.0 Å². The van der Waals surface area contributed by atoms with E-state index >= 15 is 0 Å². The maximum absolute atomic E-state index is 12.9. The molecule has 0 spiro atoms. The van der Waals surface area contributed by atoms with E-state index in [1.54, 1.807) is 36.7 Å². The topological polar surface area (TPSA) is 111 Å². The third-order valence-corrected chi connectivity index (χ3v) is 5.61. The molecule has 0 atom stereocenters. The van der Waals surface area contributed by atoms with Crippen LogP contribution in [-0.2, 0) is 10.9 Å². The lowest BCUT2D eigenvalue weighted by molar-refractivity contribution is -0.137. The Kier molecular flexibility index (Phi) is 5.73. The molecule has 9 nitrogen and oxygen atoms in total. The molecule has 1 saturated heterocycles. The van der Waals surface area contributed by atoms with E-state index in [4.69, 9.17) is 15.5 Å². The van der Waals surface area contributed by atoms with E-state index in [9.17, 15) is 18.0 Å². The number of anilines is 3. The smallest absolute Gasteiger partial charge is 0.382 e. The molecular formula is C23H20F3N7O2. The van der Waals surface area contributed by atoms with Gasteiger partial charge in [-0.25, -0.2) is 15.0 Å². The number of morpholine rings is 1. The second-order valence-corrected chi connectivity index (χ2v) is 7.85. The molecule has 4 aromatic rings. The molecule has 1 aromatic carbocycles. The molecule has 1 aliphatic heterocycles. The normalized spacial score (nSPS) is 14.3. The van der Waals surface area contributed by atoms with Crippen LogP contribution in [0.1, 0.15) is 15.9 Å². The number of nitrogen functional groups attached to an aromatic ring is 1. The van der Waals surface area contributed by atoms with Crippen molar-refractivity contribution in [3.63, 3.8) is 0 Å². The summed E-state index contributed by atoms with van der Waals surface area (Å²) in [5.41, 5.74) is 7.47. The van der Waals surface area contributed by atoms with Crippen molar-refractivity contribution in [2.45, 2.75) is 6.18 Å². The number of carbonyl (C=O) groups excluding carboxylic acids is 1. The van der Waals surface area contributed by atoms with E-state index in [0.717, 1.165) is 18.3 Å². The summed E-state index contributed by atoms with van der Waals surface area (Å²) in [6, 6.07) is 8.14. The minimum absolute atomic E-state index is 0.192. The highest BCUT2D eigenvalue weighted by molar-refractivity contribution is 6.04. The van der Waals surface area contributed by atoms with Crippen molar-refractivity contribution < 1.29 is 22.7 Å². The third kappa shape index (κ3) is 4.47. The fourth-order valence-corrected chi connectivity index (χ4v) is 3.88. The molecule has 0 bridgehead atoms. The average molecular weight is 483 g/mol. The Morgan fingerprint density at radius 2 is 1.80 bits per heavy atom. The summed E-state index contributed by atoms with van der Waals surface area (Å²) in [5.74, 6) is 0.244. The zero-order chi connectivity index (χ0) is 24.6. The summed E-state index contributed by atoms with van der Waals surface area (Å²) in [7, 11) is 0. The first-order valence-electron chi connectivity index (χ1n) is 10.7. The molecule has 0 unspecified atom stereocenters. The van der Waals surface area contributed by atoms with Crippen LogP contribution in [-0.4, -0.2) is 51.6 Å². The molecule has 1 amide bonds. The van der Waals surface area contributed by atoms with Crippen molar-refractivity contribution in [2.24, 2.45) is 0 Å². The Morgan fingerprint density at radius 3 is 2.51 bits per heavy atom. The number of pyridine rings is 1. The summed E-state index contributed by atoms with van der Waals surface area (Å²) in [4.78, 5) is 27.5. The number of nitrogens with one attached hydrogen (secondary N) is 1. The highest BCUT2D eigenvalue weighted by Gasteiger charge is 2.31. The average Bonchev–Trinajstić information content (AvgIpc) is 3.25. The van der Waals surface area contributed by atoms with Crippen LogP contribution in [0.3, 0.4) is 0 Å². The summed E-state index contributed by atoms with van der Waals surface area (Å²) in [6.07, 6.45) is -0.145. The van der Waals surface area contributed by atoms with Gasteiger partial charge in [-0.15, -0.1) is 0 Å². The van der Waals surface area contributed by atoms with Crippen molar-refractivity contribution in [1.82, 2.24) is 19.4 Å². The van der Waals surface area contributed by atoms with Gasteiger partial charge in [-0.1, -0.05) is 12.1 Å². The summed E-state index contributed by atoms with van der Waals surface area (Å²) in [6.45, 7) is 2.55. The van der Waals surface area contributed by atoms with Crippen molar-refractivity contribution in [3.05, 3.63) is 66.1 Å². The van der Waals surface area contributed by atoms with Gasteiger partial charge in [0, 0.05) is 42.8 Å². The number of benzene rings is 1. The maximum atomic E-state index is 12.9. The maximum Gasteiger partial charge on any atom is 0.416 e. The van der Waals surface area contributed by atoms with Gasteiger partial charge >= 0.3 is 6.18 Å². The van der Waals surface area contributed by atoms with Gasteiger partial charge in [0.15, 0.2) is 0 Å².